The van der Waals surface area contributed by atoms with Gasteiger partial charge in [0.25, 0.3) is 0 Å². The summed E-state index contributed by atoms with van der Waals surface area (Å²) in [5.41, 5.74) is 0. The quantitative estimate of drug-likeness (QED) is 0.391. The maximum Gasteiger partial charge on any atom is 0.459 e. The SMILES string of the molecule is [B]C1OC(COP(=O)(NC(C)C(=O)OC(C)C)Oc2ccccc2)CC1C. The summed E-state index contributed by atoms with van der Waals surface area (Å²) in [6.07, 6.45) is 0.117. The molecule has 2 radical (unpaired) electrons. The zero-order valence-electron chi connectivity index (χ0n) is 16.2. The van der Waals surface area contributed by atoms with Crippen LogP contribution in [0.3, 0.4) is 0 Å². The first kappa shape index (κ1) is 22.0. The molecular formula is C18H27BNO6P. The normalized spacial score (nSPS) is 25.7. The van der Waals surface area contributed by atoms with Crippen molar-refractivity contribution in [2.45, 2.75) is 58.4 Å². The third kappa shape index (κ3) is 6.96. The molecule has 1 aromatic carbocycles. The van der Waals surface area contributed by atoms with Crippen LogP contribution in [0.5, 0.6) is 5.75 Å². The van der Waals surface area contributed by atoms with Gasteiger partial charge in [0.1, 0.15) is 19.6 Å². The van der Waals surface area contributed by atoms with Crippen LogP contribution >= 0.6 is 7.75 Å². The Morgan fingerprint density at radius 2 is 2.00 bits per heavy atom. The fourth-order valence-corrected chi connectivity index (χ4v) is 4.11. The van der Waals surface area contributed by atoms with Gasteiger partial charge in [-0.1, -0.05) is 25.1 Å². The largest absolute Gasteiger partial charge is 0.462 e. The standard InChI is InChI=1S/C18H27BNO6P/c1-12(2)24-18(21)14(4)20-27(22,26-15-8-6-5-7-9-15)23-11-16-10-13(3)17(19)25-16/h5-9,12-14,16-17H,10-11H2,1-4H3,(H,20,22). The van der Waals surface area contributed by atoms with Gasteiger partial charge in [-0.3, -0.25) is 9.32 Å². The first-order valence-corrected chi connectivity index (χ1v) is 10.6. The minimum Gasteiger partial charge on any atom is -0.462 e. The highest BCUT2D eigenvalue weighted by Gasteiger charge is 2.35. The summed E-state index contributed by atoms with van der Waals surface area (Å²) in [5.74, 6) is -0.00523. The highest BCUT2D eigenvalue weighted by molar-refractivity contribution is 7.52. The Morgan fingerprint density at radius 1 is 1.33 bits per heavy atom. The molecule has 1 aliphatic rings. The van der Waals surface area contributed by atoms with Crippen LogP contribution in [-0.4, -0.2) is 44.7 Å². The predicted octanol–water partition coefficient (Wildman–Crippen LogP) is 3.04. The van der Waals surface area contributed by atoms with Crippen molar-refractivity contribution < 1.29 is 27.9 Å². The average molecular weight is 395 g/mol. The minimum atomic E-state index is -3.86. The van der Waals surface area contributed by atoms with Crippen molar-refractivity contribution in [2.24, 2.45) is 5.92 Å². The van der Waals surface area contributed by atoms with Crippen LogP contribution in [0.2, 0.25) is 0 Å². The van der Waals surface area contributed by atoms with Gasteiger partial charge in [0.15, 0.2) is 0 Å². The van der Waals surface area contributed by atoms with Crippen LogP contribution in [0, 0.1) is 5.92 Å². The van der Waals surface area contributed by atoms with Crippen LogP contribution < -0.4 is 9.61 Å². The van der Waals surface area contributed by atoms with Gasteiger partial charge < -0.3 is 14.0 Å². The summed E-state index contributed by atoms with van der Waals surface area (Å²) in [5, 5.41) is 2.64. The second-order valence-electron chi connectivity index (χ2n) is 6.97. The number of carbonyl (C=O) groups excluding carboxylic acids is 1. The lowest BCUT2D eigenvalue weighted by molar-refractivity contribution is -0.149. The van der Waals surface area contributed by atoms with Crippen molar-refractivity contribution in [2.75, 3.05) is 6.61 Å². The molecule has 148 valence electrons. The molecular weight excluding hydrogens is 368 g/mol. The van der Waals surface area contributed by atoms with Crippen molar-refractivity contribution in [3.63, 3.8) is 0 Å². The summed E-state index contributed by atoms with van der Waals surface area (Å²) >= 11 is 0. The van der Waals surface area contributed by atoms with Gasteiger partial charge in [0, 0.05) is 6.00 Å². The van der Waals surface area contributed by atoms with Crippen molar-refractivity contribution in [3.8, 4) is 5.75 Å². The molecule has 5 unspecified atom stereocenters. The number of hydrogen-bond acceptors (Lipinski definition) is 6. The predicted molar refractivity (Wildman–Crippen MR) is 103 cm³/mol. The van der Waals surface area contributed by atoms with Crippen molar-refractivity contribution in [3.05, 3.63) is 30.3 Å². The minimum absolute atomic E-state index is 0.0289. The number of para-hydroxylation sites is 1. The molecule has 2 rings (SSSR count). The monoisotopic (exact) mass is 395 g/mol. The maximum absolute atomic E-state index is 13.3. The molecule has 1 aliphatic heterocycles. The zero-order valence-corrected chi connectivity index (χ0v) is 17.1. The molecule has 7 nitrogen and oxygen atoms in total. The Morgan fingerprint density at radius 3 is 2.56 bits per heavy atom. The molecule has 9 heteroatoms. The van der Waals surface area contributed by atoms with Crippen LogP contribution in [0.15, 0.2) is 30.3 Å². The van der Waals surface area contributed by atoms with E-state index in [9.17, 15) is 9.36 Å². The summed E-state index contributed by atoms with van der Waals surface area (Å²) in [6.45, 7) is 7.03. The Labute approximate surface area is 162 Å². The fourth-order valence-electron chi connectivity index (χ4n) is 2.58. The smallest absolute Gasteiger partial charge is 0.459 e. The number of rotatable bonds is 9. The second kappa shape index (κ2) is 9.74. The van der Waals surface area contributed by atoms with E-state index in [-0.39, 0.29) is 30.7 Å². The summed E-state index contributed by atoms with van der Waals surface area (Å²) < 4.78 is 35.1. The van der Waals surface area contributed by atoms with E-state index in [0.717, 1.165) is 0 Å². The molecule has 1 heterocycles. The number of carbonyl (C=O) groups is 1. The van der Waals surface area contributed by atoms with E-state index < -0.39 is 19.8 Å². The molecule has 1 saturated heterocycles. The van der Waals surface area contributed by atoms with Gasteiger partial charge in [-0.25, -0.2) is 4.57 Å². The molecule has 0 amide bonds. The fraction of sp³-hybridized carbons (Fsp3) is 0.611. The number of hydrogen-bond donors (Lipinski definition) is 1. The van der Waals surface area contributed by atoms with E-state index in [2.05, 4.69) is 5.09 Å². The van der Waals surface area contributed by atoms with Crippen LogP contribution in [0.25, 0.3) is 0 Å². The summed E-state index contributed by atoms with van der Waals surface area (Å²) in [7, 11) is 1.99. The number of benzene rings is 1. The van der Waals surface area contributed by atoms with E-state index >= 15 is 0 Å². The first-order chi connectivity index (χ1) is 12.7. The van der Waals surface area contributed by atoms with E-state index in [0.29, 0.717) is 12.2 Å². The summed E-state index contributed by atoms with van der Waals surface area (Å²) in [6, 6.07) is 7.35. The van der Waals surface area contributed by atoms with E-state index in [1.165, 1.54) is 0 Å². The average Bonchev–Trinajstić information content (AvgIpc) is 2.91. The van der Waals surface area contributed by atoms with Gasteiger partial charge in [-0.2, -0.15) is 5.09 Å². The first-order valence-electron chi connectivity index (χ1n) is 9.07. The van der Waals surface area contributed by atoms with Gasteiger partial charge >= 0.3 is 13.7 Å². The molecule has 27 heavy (non-hydrogen) atoms. The Kier molecular flexibility index (Phi) is 7.92. The number of esters is 1. The topological polar surface area (TPSA) is 83.1 Å². The van der Waals surface area contributed by atoms with Crippen molar-refractivity contribution in [1.82, 2.24) is 5.09 Å². The third-order valence-electron chi connectivity index (χ3n) is 4.00. The lowest BCUT2D eigenvalue weighted by Gasteiger charge is -2.24. The number of nitrogens with one attached hydrogen (secondary N) is 1. The van der Waals surface area contributed by atoms with Gasteiger partial charge in [-0.05, 0) is 45.2 Å². The molecule has 0 aromatic heterocycles. The summed E-state index contributed by atoms with van der Waals surface area (Å²) in [4.78, 5) is 12.1. The van der Waals surface area contributed by atoms with Crippen LogP contribution in [0.1, 0.15) is 34.1 Å². The van der Waals surface area contributed by atoms with Gasteiger partial charge in [0.05, 0.1) is 18.8 Å². The molecule has 0 saturated carbocycles. The van der Waals surface area contributed by atoms with Gasteiger partial charge in [0.2, 0.25) is 0 Å². The zero-order chi connectivity index (χ0) is 20.0. The van der Waals surface area contributed by atoms with E-state index in [4.69, 9.17) is 26.4 Å². The molecule has 5 atom stereocenters. The van der Waals surface area contributed by atoms with E-state index in [1.807, 2.05) is 13.0 Å². The molecule has 1 aromatic rings. The Balaban J connectivity index is 2.05. The van der Waals surface area contributed by atoms with Crippen molar-refractivity contribution >= 4 is 21.6 Å². The molecule has 1 fully saturated rings. The van der Waals surface area contributed by atoms with E-state index in [1.54, 1.807) is 45.0 Å². The molecule has 1 N–H and O–H groups in total. The lowest BCUT2D eigenvalue weighted by Crippen LogP contribution is -2.36. The van der Waals surface area contributed by atoms with Crippen LogP contribution in [0.4, 0.5) is 0 Å². The van der Waals surface area contributed by atoms with Crippen molar-refractivity contribution in [1.29, 1.82) is 0 Å². The van der Waals surface area contributed by atoms with Gasteiger partial charge in [-0.15, -0.1) is 0 Å². The maximum atomic E-state index is 13.3. The highest BCUT2D eigenvalue weighted by atomic mass is 31.2. The third-order valence-corrected chi connectivity index (χ3v) is 5.65. The lowest BCUT2D eigenvalue weighted by atomic mass is 9.88. The molecule has 0 bridgehead atoms. The Hall–Kier alpha value is -1.34. The van der Waals surface area contributed by atoms with Crippen LogP contribution in [-0.2, 0) is 23.4 Å². The Bertz CT molecular complexity index is 649. The molecule has 0 spiro atoms. The highest BCUT2D eigenvalue weighted by Crippen LogP contribution is 2.45. The number of ether oxygens (including phenoxy) is 2. The second-order valence-corrected chi connectivity index (χ2v) is 8.66. The molecule has 0 aliphatic carbocycles.